The van der Waals surface area contributed by atoms with E-state index >= 15 is 0 Å². The number of ether oxygens (including phenoxy) is 2. The lowest BCUT2D eigenvalue weighted by molar-refractivity contribution is -0.143. The Hall–Kier alpha value is -3.49. The number of methoxy groups -OCH3 is 1. The van der Waals surface area contributed by atoms with Gasteiger partial charge in [-0.25, -0.2) is 0 Å². The molecule has 0 aliphatic carbocycles. The van der Waals surface area contributed by atoms with Gasteiger partial charge in [0.05, 0.1) is 23.9 Å². The predicted molar refractivity (Wildman–Crippen MR) is 119 cm³/mol. The molecule has 1 aliphatic heterocycles. The molecule has 0 saturated heterocycles. The topological polar surface area (TPSA) is 30.8 Å². The molecule has 0 radical (unpaired) electrons. The molecule has 0 spiro atoms. The molecule has 0 saturated carbocycles. The highest BCUT2D eigenvalue weighted by Crippen LogP contribution is 2.41. The van der Waals surface area contributed by atoms with Crippen LogP contribution in [-0.4, -0.2) is 19.4 Å². The third-order valence-electron chi connectivity index (χ3n) is 5.77. The molecule has 1 heterocycles. The second kappa shape index (κ2) is 8.62. The van der Waals surface area contributed by atoms with Crippen molar-refractivity contribution in [1.82, 2.24) is 0 Å². The fourth-order valence-corrected chi connectivity index (χ4v) is 3.96. The van der Waals surface area contributed by atoms with Crippen LogP contribution in [0.4, 0.5) is 26.3 Å². The van der Waals surface area contributed by atoms with Crippen LogP contribution in [0.5, 0.6) is 17.2 Å². The minimum atomic E-state index is -4.98. The van der Waals surface area contributed by atoms with Crippen molar-refractivity contribution in [3.63, 3.8) is 0 Å². The van der Waals surface area contributed by atoms with Crippen LogP contribution in [0.15, 0.2) is 65.7 Å². The smallest absolute Gasteiger partial charge is 0.416 e. The summed E-state index contributed by atoms with van der Waals surface area (Å²) in [4.78, 5) is 4.70. The van der Waals surface area contributed by atoms with Crippen LogP contribution in [0.1, 0.15) is 41.7 Å². The minimum absolute atomic E-state index is 0.0652. The number of fused-ring (bicyclic) bond motifs is 1. The van der Waals surface area contributed by atoms with Gasteiger partial charge in [-0.1, -0.05) is 26.0 Å². The van der Waals surface area contributed by atoms with Gasteiger partial charge in [0.15, 0.2) is 0 Å². The van der Waals surface area contributed by atoms with Gasteiger partial charge in [-0.2, -0.15) is 26.3 Å². The van der Waals surface area contributed by atoms with Gasteiger partial charge in [0.25, 0.3) is 0 Å². The number of hydrogen-bond acceptors (Lipinski definition) is 3. The summed E-state index contributed by atoms with van der Waals surface area (Å²) in [6.07, 6.45) is -9.95. The van der Waals surface area contributed by atoms with Crippen LogP contribution < -0.4 is 9.47 Å². The standard InChI is InChI=1S/C26H21F6NO2/c1-24(2)14-33-23(19-9-8-17(34-3)13-21(19)24)20-6-4-5-7-22(20)35-18-11-15(25(27,28)29)10-16(12-18)26(30,31)32/h4-13H,14H2,1-3H3. The molecule has 35 heavy (non-hydrogen) atoms. The van der Waals surface area contributed by atoms with Crippen LogP contribution in [0.3, 0.4) is 0 Å². The Labute approximate surface area is 198 Å². The monoisotopic (exact) mass is 493 g/mol. The lowest BCUT2D eigenvalue weighted by atomic mass is 9.77. The van der Waals surface area contributed by atoms with Crippen molar-refractivity contribution in [2.24, 2.45) is 4.99 Å². The second-order valence-electron chi connectivity index (χ2n) is 8.80. The first-order chi connectivity index (χ1) is 16.3. The fraction of sp³-hybridized carbons (Fsp3) is 0.269. The molecule has 3 aromatic carbocycles. The molecule has 0 unspecified atom stereocenters. The molecule has 3 nitrogen and oxygen atoms in total. The van der Waals surface area contributed by atoms with Gasteiger partial charge in [0.2, 0.25) is 0 Å². The molecule has 0 N–H and O–H groups in total. The molecule has 184 valence electrons. The number of rotatable bonds is 4. The first kappa shape index (κ1) is 24.6. The Morgan fingerprint density at radius 2 is 1.40 bits per heavy atom. The number of benzene rings is 3. The van der Waals surface area contributed by atoms with Crippen LogP contribution >= 0.6 is 0 Å². The maximum atomic E-state index is 13.3. The van der Waals surface area contributed by atoms with E-state index in [1.807, 2.05) is 26.0 Å². The summed E-state index contributed by atoms with van der Waals surface area (Å²) in [6.45, 7) is 4.46. The Bertz CT molecular complexity index is 1260. The first-order valence-corrected chi connectivity index (χ1v) is 10.6. The quantitative estimate of drug-likeness (QED) is 0.350. The molecule has 0 aromatic heterocycles. The number of para-hydroxylation sites is 1. The number of alkyl halides is 6. The zero-order valence-corrected chi connectivity index (χ0v) is 19.0. The van der Waals surface area contributed by atoms with Crippen LogP contribution in [0.2, 0.25) is 0 Å². The molecular formula is C26H21F6NO2. The van der Waals surface area contributed by atoms with Crippen LogP contribution in [-0.2, 0) is 17.8 Å². The average molecular weight is 493 g/mol. The van der Waals surface area contributed by atoms with E-state index in [1.54, 1.807) is 31.4 Å². The van der Waals surface area contributed by atoms with Crippen molar-refractivity contribution in [1.29, 1.82) is 0 Å². The molecule has 3 aromatic rings. The molecule has 0 atom stereocenters. The number of hydrogen-bond donors (Lipinski definition) is 0. The average Bonchev–Trinajstić information content (AvgIpc) is 2.78. The Kier molecular flexibility index (Phi) is 6.07. The van der Waals surface area contributed by atoms with Gasteiger partial charge in [0, 0.05) is 23.1 Å². The van der Waals surface area contributed by atoms with E-state index in [4.69, 9.17) is 14.5 Å². The highest BCUT2D eigenvalue weighted by Gasteiger charge is 2.37. The van der Waals surface area contributed by atoms with E-state index in [0.717, 1.165) is 11.1 Å². The molecule has 0 fully saturated rings. The van der Waals surface area contributed by atoms with Gasteiger partial charge in [-0.3, -0.25) is 4.99 Å². The lowest BCUT2D eigenvalue weighted by Gasteiger charge is -2.32. The van der Waals surface area contributed by atoms with E-state index in [9.17, 15) is 26.3 Å². The molecule has 0 amide bonds. The Morgan fingerprint density at radius 3 is 2.00 bits per heavy atom. The van der Waals surface area contributed by atoms with Gasteiger partial charge in [0.1, 0.15) is 17.2 Å². The van der Waals surface area contributed by atoms with E-state index in [1.165, 1.54) is 6.07 Å². The highest BCUT2D eigenvalue weighted by atomic mass is 19.4. The lowest BCUT2D eigenvalue weighted by Crippen LogP contribution is -2.30. The maximum Gasteiger partial charge on any atom is 0.416 e. The van der Waals surface area contributed by atoms with Crippen molar-refractivity contribution >= 4 is 5.71 Å². The summed E-state index contributed by atoms with van der Waals surface area (Å²) in [5.74, 6) is 0.165. The molecular weight excluding hydrogens is 472 g/mol. The summed E-state index contributed by atoms with van der Waals surface area (Å²) in [7, 11) is 1.56. The second-order valence-corrected chi connectivity index (χ2v) is 8.80. The molecule has 0 bridgehead atoms. The summed E-state index contributed by atoms with van der Waals surface area (Å²) >= 11 is 0. The van der Waals surface area contributed by atoms with E-state index in [-0.39, 0.29) is 17.2 Å². The van der Waals surface area contributed by atoms with E-state index in [0.29, 0.717) is 35.7 Å². The van der Waals surface area contributed by atoms with Gasteiger partial charge < -0.3 is 9.47 Å². The van der Waals surface area contributed by atoms with Crippen molar-refractivity contribution in [3.8, 4) is 17.2 Å². The first-order valence-electron chi connectivity index (χ1n) is 10.6. The Balaban J connectivity index is 1.81. The summed E-state index contributed by atoms with van der Waals surface area (Å²) in [5, 5.41) is 0. The van der Waals surface area contributed by atoms with Gasteiger partial charge >= 0.3 is 12.4 Å². The number of nitrogens with zero attached hydrogens (tertiary/aromatic N) is 1. The van der Waals surface area contributed by atoms with Gasteiger partial charge in [-0.15, -0.1) is 0 Å². The summed E-state index contributed by atoms with van der Waals surface area (Å²) in [6, 6.07) is 13.1. The maximum absolute atomic E-state index is 13.3. The van der Waals surface area contributed by atoms with Crippen molar-refractivity contribution < 1.29 is 35.8 Å². The molecule has 9 heteroatoms. The Morgan fingerprint density at radius 1 is 0.771 bits per heavy atom. The minimum Gasteiger partial charge on any atom is -0.497 e. The van der Waals surface area contributed by atoms with E-state index in [2.05, 4.69) is 0 Å². The number of halogens is 6. The third kappa shape index (κ3) is 4.99. The normalized spacial score (nSPS) is 15.3. The third-order valence-corrected chi connectivity index (χ3v) is 5.77. The van der Waals surface area contributed by atoms with Crippen molar-refractivity contribution in [2.75, 3.05) is 13.7 Å². The van der Waals surface area contributed by atoms with Crippen LogP contribution in [0, 0.1) is 0 Å². The van der Waals surface area contributed by atoms with Gasteiger partial charge in [-0.05, 0) is 54.1 Å². The number of aliphatic imine (C=N–C) groups is 1. The molecule has 1 aliphatic rings. The summed E-state index contributed by atoms with van der Waals surface area (Å²) in [5.41, 5.74) is -0.511. The zero-order valence-electron chi connectivity index (χ0n) is 19.0. The predicted octanol–water partition coefficient (Wildman–Crippen LogP) is 7.65. The van der Waals surface area contributed by atoms with E-state index < -0.39 is 29.2 Å². The SMILES string of the molecule is COc1ccc2c(c1)C(C)(C)CN=C2c1ccccc1Oc1cc(C(F)(F)F)cc(C(F)(F)F)c1. The zero-order chi connectivity index (χ0) is 25.6. The van der Waals surface area contributed by atoms with Crippen LogP contribution in [0.25, 0.3) is 0 Å². The molecule has 4 rings (SSSR count). The van der Waals surface area contributed by atoms with Crippen molar-refractivity contribution in [2.45, 2.75) is 31.6 Å². The van der Waals surface area contributed by atoms with Crippen molar-refractivity contribution in [3.05, 3.63) is 88.5 Å². The summed E-state index contributed by atoms with van der Waals surface area (Å²) < 4.78 is 90.7. The largest absolute Gasteiger partial charge is 0.497 e. The highest BCUT2D eigenvalue weighted by molar-refractivity contribution is 6.16. The fourth-order valence-electron chi connectivity index (χ4n) is 3.96.